The summed E-state index contributed by atoms with van der Waals surface area (Å²) >= 11 is 0. The number of nitrogens with one attached hydrogen (secondary N) is 1. The van der Waals surface area contributed by atoms with Crippen molar-refractivity contribution in [2.45, 2.75) is 6.42 Å². The van der Waals surface area contributed by atoms with E-state index in [-0.39, 0.29) is 23.8 Å². The van der Waals surface area contributed by atoms with Gasteiger partial charge < -0.3 is 5.32 Å². The Morgan fingerprint density at radius 1 is 1.07 bits per heavy atom. The second kappa shape index (κ2) is 8.20. The van der Waals surface area contributed by atoms with Gasteiger partial charge >= 0.3 is 0 Å². The van der Waals surface area contributed by atoms with Gasteiger partial charge in [0, 0.05) is 12.3 Å². The first-order valence-electron chi connectivity index (χ1n) is 9.14. The molecule has 1 aromatic heterocycles. The molecule has 0 radical (unpaired) electrons. The van der Waals surface area contributed by atoms with Gasteiger partial charge in [0.25, 0.3) is 0 Å². The highest BCUT2D eigenvalue weighted by atomic mass is 19.1. The summed E-state index contributed by atoms with van der Waals surface area (Å²) < 4.78 is 27.2. The highest BCUT2D eigenvalue weighted by molar-refractivity contribution is 6.18. The van der Waals surface area contributed by atoms with Crippen LogP contribution >= 0.6 is 0 Å². The Hall–Kier alpha value is -3.94. The lowest BCUT2D eigenvalue weighted by molar-refractivity contribution is -0.120. The van der Waals surface area contributed by atoms with Crippen molar-refractivity contribution in [1.82, 2.24) is 4.98 Å². The maximum absolute atomic E-state index is 13.8. The molecule has 0 aliphatic carbocycles. The highest BCUT2D eigenvalue weighted by Gasteiger charge is 2.28. The number of anilines is 2. The van der Waals surface area contributed by atoms with Gasteiger partial charge in [0.15, 0.2) is 5.82 Å². The Morgan fingerprint density at radius 3 is 2.67 bits per heavy atom. The predicted octanol–water partition coefficient (Wildman–Crippen LogP) is 3.86. The molecule has 2 aromatic carbocycles. The van der Waals surface area contributed by atoms with Crippen molar-refractivity contribution in [2.24, 2.45) is 4.99 Å². The van der Waals surface area contributed by atoms with E-state index in [2.05, 4.69) is 15.3 Å². The molecule has 1 aliphatic rings. The predicted molar refractivity (Wildman–Crippen MR) is 109 cm³/mol. The SMILES string of the molecule is O=C(CN1C(=O)CC(c2ccccc2)=Nc2cccnc21)Nc1cc(F)ccc1F. The van der Waals surface area contributed by atoms with Crippen molar-refractivity contribution in [3.8, 4) is 0 Å². The third-order valence-corrected chi connectivity index (χ3v) is 4.51. The van der Waals surface area contributed by atoms with E-state index >= 15 is 0 Å². The fourth-order valence-electron chi connectivity index (χ4n) is 3.11. The van der Waals surface area contributed by atoms with E-state index < -0.39 is 24.1 Å². The lowest BCUT2D eigenvalue weighted by Crippen LogP contribution is -2.39. The lowest BCUT2D eigenvalue weighted by atomic mass is 10.1. The first kappa shape index (κ1) is 19.4. The third-order valence-electron chi connectivity index (χ3n) is 4.51. The highest BCUT2D eigenvalue weighted by Crippen LogP contribution is 2.30. The second-order valence-corrected chi connectivity index (χ2v) is 6.60. The molecule has 30 heavy (non-hydrogen) atoms. The van der Waals surface area contributed by atoms with E-state index in [1.54, 1.807) is 12.1 Å². The number of hydrogen-bond acceptors (Lipinski definition) is 4. The topological polar surface area (TPSA) is 74.7 Å². The third kappa shape index (κ3) is 4.07. The van der Waals surface area contributed by atoms with Crippen LogP contribution in [0.3, 0.4) is 0 Å². The summed E-state index contributed by atoms with van der Waals surface area (Å²) in [4.78, 5) is 35.5. The number of aliphatic imine (C=N–C) groups is 1. The van der Waals surface area contributed by atoms with Crippen molar-refractivity contribution in [3.63, 3.8) is 0 Å². The van der Waals surface area contributed by atoms with Crippen molar-refractivity contribution < 1.29 is 18.4 Å². The van der Waals surface area contributed by atoms with E-state index in [0.29, 0.717) is 11.4 Å². The maximum atomic E-state index is 13.8. The number of carbonyl (C=O) groups is 2. The van der Waals surface area contributed by atoms with Crippen LogP contribution in [0.4, 0.5) is 26.0 Å². The van der Waals surface area contributed by atoms with Crippen LogP contribution in [0.5, 0.6) is 0 Å². The monoisotopic (exact) mass is 406 g/mol. The maximum Gasteiger partial charge on any atom is 0.244 e. The molecule has 2 heterocycles. The van der Waals surface area contributed by atoms with Gasteiger partial charge in [-0.1, -0.05) is 30.3 Å². The van der Waals surface area contributed by atoms with Crippen molar-refractivity contribution in [2.75, 3.05) is 16.8 Å². The molecule has 4 rings (SSSR count). The van der Waals surface area contributed by atoms with Gasteiger partial charge in [-0.15, -0.1) is 0 Å². The molecular weight excluding hydrogens is 390 g/mol. The van der Waals surface area contributed by atoms with Gasteiger partial charge in [0.2, 0.25) is 11.8 Å². The molecule has 0 saturated heterocycles. The van der Waals surface area contributed by atoms with Crippen LogP contribution in [0, 0.1) is 11.6 Å². The van der Waals surface area contributed by atoms with E-state index in [1.807, 2.05) is 30.3 Å². The Morgan fingerprint density at radius 2 is 1.87 bits per heavy atom. The number of benzene rings is 2. The average Bonchev–Trinajstić information content (AvgIpc) is 2.88. The minimum absolute atomic E-state index is 0.0397. The summed E-state index contributed by atoms with van der Waals surface area (Å²) in [5, 5.41) is 2.30. The molecule has 0 saturated carbocycles. The zero-order chi connectivity index (χ0) is 21.1. The summed E-state index contributed by atoms with van der Waals surface area (Å²) in [7, 11) is 0. The van der Waals surface area contributed by atoms with Gasteiger partial charge in [-0.3, -0.25) is 14.5 Å². The Kier molecular flexibility index (Phi) is 5.30. The molecule has 6 nitrogen and oxygen atoms in total. The minimum Gasteiger partial charge on any atom is -0.322 e. The van der Waals surface area contributed by atoms with Crippen LogP contribution < -0.4 is 10.2 Å². The number of pyridine rings is 1. The summed E-state index contributed by atoms with van der Waals surface area (Å²) in [6, 6.07) is 15.4. The van der Waals surface area contributed by atoms with Crippen LogP contribution in [0.1, 0.15) is 12.0 Å². The van der Waals surface area contributed by atoms with Crippen molar-refractivity contribution >= 4 is 34.7 Å². The molecule has 1 aliphatic heterocycles. The number of amides is 2. The lowest BCUT2D eigenvalue weighted by Gasteiger charge is -2.20. The molecule has 0 bridgehead atoms. The number of hydrogen-bond donors (Lipinski definition) is 1. The molecule has 150 valence electrons. The molecule has 2 amide bonds. The van der Waals surface area contributed by atoms with Crippen molar-refractivity contribution in [1.29, 1.82) is 0 Å². The van der Waals surface area contributed by atoms with E-state index in [9.17, 15) is 18.4 Å². The summed E-state index contributed by atoms with van der Waals surface area (Å²) in [5.74, 6) is -2.31. The van der Waals surface area contributed by atoms with E-state index in [0.717, 1.165) is 23.8 Å². The molecule has 3 aromatic rings. The molecule has 0 fully saturated rings. The number of aromatic nitrogens is 1. The summed E-state index contributed by atoms with van der Waals surface area (Å²) in [6.07, 6.45) is 1.45. The molecule has 1 N–H and O–H groups in total. The van der Waals surface area contributed by atoms with Crippen LogP contribution in [0.15, 0.2) is 71.9 Å². The van der Waals surface area contributed by atoms with Gasteiger partial charge in [-0.25, -0.2) is 18.8 Å². The fraction of sp³-hybridized carbons (Fsp3) is 0.0909. The number of fused-ring (bicyclic) bond motifs is 1. The average molecular weight is 406 g/mol. The largest absolute Gasteiger partial charge is 0.322 e. The smallest absolute Gasteiger partial charge is 0.244 e. The van der Waals surface area contributed by atoms with Crippen LogP contribution in [0.25, 0.3) is 0 Å². The van der Waals surface area contributed by atoms with Crippen LogP contribution in [0.2, 0.25) is 0 Å². The number of nitrogens with zero attached hydrogens (tertiary/aromatic N) is 3. The van der Waals surface area contributed by atoms with Gasteiger partial charge in [-0.05, 0) is 29.8 Å². The molecule has 8 heteroatoms. The molecule has 0 atom stereocenters. The quantitative estimate of drug-likeness (QED) is 0.715. The zero-order valence-electron chi connectivity index (χ0n) is 15.7. The van der Waals surface area contributed by atoms with Gasteiger partial charge in [0.1, 0.15) is 23.9 Å². The first-order valence-corrected chi connectivity index (χ1v) is 9.14. The number of rotatable bonds is 4. The molecule has 0 spiro atoms. The van der Waals surface area contributed by atoms with Crippen LogP contribution in [-0.2, 0) is 9.59 Å². The van der Waals surface area contributed by atoms with Crippen molar-refractivity contribution in [3.05, 3.63) is 84.1 Å². The first-order chi connectivity index (χ1) is 14.5. The Labute approximate surface area is 170 Å². The van der Waals surface area contributed by atoms with Gasteiger partial charge in [0.05, 0.1) is 17.8 Å². The summed E-state index contributed by atoms with van der Waals surface area (Å²) in [6.45, 7) is -0.420. The molecular formula is C22H16F2N4O2. The fourth-order valence-corrected chi connectivity index (χ4v) is 3.11. The molecule has 0 unspecified atom stereocenters. The standard InChI is InChI=1S/C22H16F2N4O2/c23-15-8-9-16(24)19(11-15)27-20(29)13-28-21(30)12-18(14-5-2-1-3-6-14)26-17-7-4-10-25-22(17)28/h1-11H,12-13H2,(H,27,29). The minimum atomic E-state index is -0.778. The van der Waals surface area contributed by atoms with E-state index in [1.165, 1.54) is 11.1 Å². The Balaban J connectivity index is 1.61. The van der Waals surface area contributed by atoms with Gasteiger partial charge in [-0.2, -0.15) is 0 Å². The van der Waals surface area contributed by atoms with Crippen LogP contribution in [-0.4, -0.2) is 29.1 Å². The normalized spacial score (nSPS) is 13.3. The number of halogens is 2. The zero-order valence-corrected chi connectivity index (χ0v) is 15.7. The summed E-state index contributed by atoms with van der Waals surface area (Å²) in [5.41, 5.74) is 1.47. The second-order valence-electron chi connectivity index (χ2n) is 6.60. The number of carbonyl (C=O) groups excluding carboxylic acids is 2. The Bertz CT molecular complexity index is 1150. The van der Waals surface area contributed by atoms with E-state index in [4.69, 9.17) is 0 Å².